The highest BCUT2D eigenvalue weighted by Gasteiger charge is 2.50. The predicted molar refractivity (Wildman–Crippen MR) is 88.0 cm³/mol. The van der Waals surface area contributed by atoms with Crippen molar-refractivity contribution in [1.29, 1.82) is 0 Å². The third-order valence-corrected chi connectivity index (χ3v) is 6.76. The maximum atomic E-state index is 12.8. The number of hydrogen-bond donors (Lipinski definition) is 0. The van der Waals surface area contributed by atoms with Crippen LogP contribution in [0.15, 0.2) is 53.4 Å². The van der Waals surface area contributed by atoms with Gasteiger partial charge in [0, 0.05) is 18.5 Å². The summed E-state index contributed by atoms with van der Waals surface area (Å²) in [5, 5.41) is 0. The predicted octanol–water partition coefficient (Wildman–Crippen LogP) is 2.62. The highest BCUT2D eigenvalue weighted by Crippen LogP contribution is 2.43. The van der Waals surface area contributed by atoms with E-state index in [0.29, 0.717) is 24.6 Å². The Bertz CT molecular complexity index is 854. The number of nitrogens with zero attached hydrogens (tertiary/aromatic N) is 1. The van der Waals surface area contributed by atoms with Gasteiger partial charge in [-0.2, -0.15) is 4.31 Å². The average molecular weight is 329 g/mol. The number of sulfonamides is 1. The molecule has 5 heteroatoms. The number of para-hydroxylation sites is 1. The molecule has 1 spiro atoms. The zero-order chi connectivity index (χ0) is 16.1. The Balaban J connectivity index is 1.55. The summed E-state index contributed by atoms with van der Waals surface area (Å²) in [4.78, 5) is 0.409. The van der Waals surface area contributed by atoms with E-state index in [1.54, 1.807) is 16.4 Å². The number of fused-ring (bicyclic) bond motifs is 1. The van der Waals surface area contributed by atoms with Crippen molar-refractivity contribution >= 4 is 10.0 Å². The Hall–Kier alpha value is -1.85. The van der Waals surface area contributed by atoms with Crippen molar-refractivity contribution in [2.24, 2.45) is 5.41 Å². The topological polar surface area (TPSA) is 46.6 Å². The zero-order valence-electron chi connectivity index (χ0n) is 13.0. The molecule has 2 aliphatic heterocycles. The minimum atomic E-state index is -3.41. The van der Waals surface area contributed by atoms with Crippen LogP contribution in [0.3, 0.4) is 0 Å². The van der Waals surface area contributed by atoms with Gasteiger partial charge in [0.05, 0.1) is 11.5 Å². The second-order valence-corrected chi connectivity index (χ2v) is 8.52. The second-order valence-electron chi connectivity index (χ2n) is 6.61. The first-order valence-corrected chi connectivity index (χ1v) is 9.21. The van der Waals surface area contributed by atoms with Gasteiger partial charge in [0.2, 0.25) is 10.0 Å². The molecular formula is C18H19NO3S. The van der Waals surface area contributed by atoms with E-state index in [2.05, 4.69) is 6.07 Å². The van der Waals surface area contributed by atoms with Crippen LogP contribution in [-0.2, 0) is 16.4 Å². The molecule has 0 radical (unpaired) electrons. The summed E-state index contributed by atoms with van der Waals surface area (Å²) in [5.41, 5.74) is 1.88. The van der Waals surface area contributed by atoms with E-state index >= 15 is 0 Å². The van der Waals surface area contributed by atoms with Gasteiger partial charge >= 0.3 is 0 Å². The molecule has 2 aromatic carbocycles. The fourth-order valence-electron chi connectivity index (χ4n) is 3.54. The molecule has 2 heterocycles. The summed E-state index contributed by atoms with van der Waals surface area (Å²) in [7, 11) is -3.41. The lowest BCUT2D eigenvalue weighted by molar-refractivity contribution is 0.00594. The number of aryl methyl sites for hydroxylation is 1. The molecule has 0 bridgehead atoms. The lowest BCUT2D eigenvalue weighted by Crippen LogP contribution is -2.62. The number of benzene rings is 2. The maximum Gasteiger partial charge on any atom is 0.243 e. The summed E-state index contributed by atoms with van der Waals surface area (Å²) in [6.45, 7) is 3.47. The van der Waals surface area contributed by atoms with E-state index in [-0.39, 0.29) is 5.41 Å². The van der Waals surface area contributed by atoms with Crippen molar-refractivity contribution < 1.29 is 13.2 Å². The second kappa shape index (κ2) is 5.08. The number of hydrogen-bond acceptors (Lipinski definition) is 3. The number of ether oxygens (including phenoxy) is 1. The van der Waals surface area contributed by atoms with Gasteiger partial charge in [-0.1, -0.05) is 36.4 Å². The molecule has 0 N–H and O–H groups in total. The van der Waals surface area contributed by atoms with Crippen molar-refractivity contribution in [3.05, 3.63) is 59.7 Å². The standard InChI is InChI=1S/C18H19NO3S/c1-14-6-2-5-9-17(14)23(20,21)19-11-18(12-19)10-15-7-3-4-8-16(15)22-13-18/h2-9H,10-13H2,1H3. The Morgan fingerprint density at radius 2 is 1.74 bits per heavy atom. The molecule has 1 saturated heterocycles. The summed E-state index contributed by atoms with van der Waals surface area (Å²) in [6.07, 6.45) is 0.878. The van der Waals surface area contributed by atoms with Crippen LogP contribution in [0, 0.1) is 12.3 Å². The van der Waals surface area contributed by atoms with Gasteiger partial charge in [0.15, 0.2) is 0 Å². The first kappa shape index (κ1) is 14.7. The fraction of sp³-hybridized carbons (Fsp3) is 0.333. The summed E-state index contributed by atoms with van der Waals surface area (Å²) in [6, 6.07) is 15.2. The summed E-state index contributed by atoms with van der Waals surface area (Å²) >= 11 is 0. The Labute approximate surface area is 136 Å². The van der Waals surface area contributed by atoms with E-state index in [9.17, 15) is 8.42 Å². The SMILES string of the molecule is Cc1ccccc1S(=O)(=O)N1CC2(COc3ccccc3C2)C1. The van der Waals surface area contributed by atoms with E-state index in [0.717, 1.165) is 17.7 Å². The molecule has 23 heavy (non-hydrogen) atoms. The van der Waals surface area contributed by atoms with Gasteiger partial charge in [-0.05, 0) is 36.6 Å². The van der Waals surface area contributed by atoms with Crippen molar-refractivity contribution in [3.63, 3.8) is 0 Å². The van der Waals surface area contributed by atoms with Crippen molar-refractivity contribution in [1.82, 2.24) is 4.31 Å². The van der Waals surface area contributed by atoms with Crippen LogP contribution in [0.4, 0.5) is 0 Å². The Morgan fingerprint density at radius 1 is 1.04 bits per heavy atom. The van der Waals surface area contributed by atoms with Gasteiger partial charge in [-0.3, -0.25) is 0 Å². The van der Waals surface area contributed by atoms with Crippen molar-refractivity contribution in [2.45, 2.75) is 18.2 Å². The quantitative estimate of drug-likeness (QED) is 0.851. The molecule has 1 fully saturated rings. The Kier molecular flexibility index (Phi) is 3.25. The summed E-state index contributed by atoms with van der Waals surface area (Å²) < 4.78 is 33.0. The maximum absolute atomic E-state index is 12.8. The molecule has 2 aliphatic rings. The highest BCUT2D eigenvalue weighted by atomic mass is 32.2. The third-order valence-electron chi connectivity index (χ3n) is 4.81. The minimum Gasteiger partial charge on any atom is -0.493 e. The van der Waals surface area contributed by atoms with Crippen LogP contribution >= 0.6 is 0 Å². The van der Waals surface area contributed by atoms with Crippen LogP contribution in [0.25, 0.3) is 0 Å². The van der Waals surface area contributed by atoms with Crippen LogP contribution in [-0.4, -0.2) is 32.4 Å². The smallest absolute Gasteiger partial charge is 0.243 e. The molecule has 0 amide bonds. The first-order chi connectivity index (χ1) is 11.0. The van der Waals surface area contributed by atoms with Crippen LogP contribution < -0.4 is 4.74 Å². The van der Waals surface area contributed by atoms with Gasteiger partial charge in [-0.25, -0.2) is 8.42 Å². The van der Waals surface area contributed by atoms with E-state index in [1.807, 2.05) is 37.3 Å². The molecule has 0 aliphatic carbocycles. The molecule has 120 valence electrons. The molecule has 0 saturated carbocycles. The normalized spacial score (nSPS) is 19.7. The average Bonchev–Trinajstić information content (AvgIpc) is 2.52. The highest BCUT2D eigenvalue weighted by molar-refractivity contribution is 7.89. The van der Waals surface area contributed by atoms with E-state index in [1.165, 1.54) is 5.56 Å². The largest absolute Gasteiger partial charge is 0.493 e. The molecule has 0 atom stereocenters. The molecular weight excluding hydrogens is 310 g/mol. The Morgan fingerprint density at radius 3 is 2.52 bits per heavy atom. The van der Waals surface area contributed by atoms with E-state index < -0.39 is 10.0 Å². The lowest BCUT2D eigenvalue weighted by Gasteiger charge is -2.50. The van der Waals surface area contributed by atoms with Crippen molar-refractivity contribution in [2.75, 3.05) is 19.7 Å². The van der Waals surface area contributed by atoms with Crippen LogP contribution in [0.2, 0.25) is 0 Å². The summed E-state index contributed by atoms with van der Waals surface area (Å²) in [5.74, 6) is 0.929. The van der Waals surface area contributed by atoms with Gasteiger partial charge < -0.3 is 4.74 Å². The molecule has 0 aromatic heterocycles. The van der Waals surface area contributed by atoms with Crippen LogP contribution in [0.5, 0.6) is 5.75 Å². The molecule has 0 unspecified atom stereocenters. The fourth-order valence-corrected chi connectivity index (χ4v) is 5.43. The van der Waals surface area contributed by atoms with Crippen LogP contribution in [0.1, 0.15) is 11.1 Å². The zero-order valence-corrected chi connectivity index (χ0v) is 13.8. The van der Waals surface area contributed by atoms with Gasteiger partial charge in [0.1, 0.15) is 5.75 Å². The van der Waals surface area contributed by atoms with E-state index in [4.69, 9.17) is 4.74 Å². The third kappa shape index (κ3) is 2.35. The minimum absolute atomic E-state index is 0.0793. The number of rotatable bonds is 2. The molecule has 2 aromatic rings. The molecule has 4 nitrogen and oxygen atoms in total. The monoisotopic (exact) mass is 329 g/mol. The first-order valence-electron chi connectivity index (χ1n) is 7.77. The van der Waals surface area contributed by atoms with Crippen molar-refractivity contribution in [3.8, 4) is 5.75 Å². The van der Waals surface area contributed by atoms with Gasteiger partial charge in [0.25, 0.3) is 0 Å². The van der Waals surface area contributed by atoms with Gasteiger partial charge in [-0.15, -0.1) is 0 Å². The lowest BCUT2D eigenvalue weighted by atomic mass is 9.75. The molecule has 4 rings (SSSR count).